The summed E-state index contributed by atoms with van der Waals surface area (Å²) in [6, 6.07) is 12.4. The first-order valence-electron chi connectivity index (χ1n) is 10.9. The van der Waals surface area contributed by atoms with Crippen LogP contribution in [-0.4, -0.2) is 35.6 Å². The number of benzene rings is 2. The van der Waals surface area contributed by atoms with Crippen LogP contribution in [0.5, 0.6) is 5.75 Å². The number of primary amides is 1. The minimum Gasteiger partial charge on any atom is -0.427 e. The van der Waals surface area contributed by atoms with E-state index in [2.05, 4.69) is 10.6 Å². The summed E-state index contributed by atoms with van der Waals surface area (Å²) in [5, 5.41) is 6.07. The zero-order chi connectivity index (χ0) is 24.2. The molecule has 1 spiro atoms. The highest BCUT2D eigenvalue weighted by molar-refractivity contribution is 6.25. The van der Waals surface area contributed by atoms with Gasteiger partial charge in [0.1, 0.15) is 11.3 Å². The predicted molar refractivity (Wildman–Crippen MR) is 119 cm³/mol. The van der Waals surface area contributed by atoms with Gasteiger partial charge in [-0.25, -0.2) is 4.90 Å². The molecular formula is C24H22N4O6. The van der Waals surface area contributed by atoms with Gasteiger partial charge in [0.2, 0.25) is 23.6 Å². The lowest BCUT2D eigenvalue weighted by Crippen LogP contribution is -2.53. The second-order valence-corrected chi connectivity index (χ2v) is 8.67. The standard InChI is InChI=1S/C24H22N4O6/c1-12(29)34-14-8-6-13(7-9-14)28-21(31)19-17(10-11-18(25)30)27-24(20(19)22(28)32)15-4-2-3-5-16(15)26-23(24)33/h2-9,17,19-20,27H,10-11H2,1H3,(H2,25,30)(H,26,33). The number of nitrogens with zero attached hydrogens (tertiary/aromatic N) is 1. The lowest BCUT2D eigenvalue weighted by molar-refractivity contribution is -0.132. The monoisotopic (exact) mass is 462 g/mol. The molecule has 0 radical (unpaired) electrons. The van der Waals surface area contributed by atoms with E-state index in [9.17, 15) is 24.0 Å². The van der Waals surface area contributed by atoms with Gasteiger partial charge >= 0.3 is 5.97 Å². The second-order valence-electron chi connectivity index (χ2n) is 8.67. The van der Waals surface area contributed by atoms with Crippen molar-refractivity contribution in [2.24, 2.45) is 17.6 Å². The summed E-state index contributed by atoms with van der Waals surface area (Å²) in [5.74, 6) is -4.03. The predicted octanol–water partition coefficient (Wildman–Crippen LogP) is 0.802. The molecule has 2 aromatic carbocycles. The van der Waals surface area contributed by atoms with Crippen molar-refractivity contribution in [3.8, 4) is 5.75 Å². The number of hydrogen-bond acceptors (Lipinski definition) is 7. The number of carbonyl (C=O) groups excluding carboxylic acids is 5. The van der Waals surface area contributed by atoms with Crippen LogP contribution in [0.1, 0.15) is 25.3 Å². The van der Waals surface area contributed by atoms with E-state index in [0.29, 0.717) is 16.9 Å². The summed E-state index contributed by atoms with van der Waals surface area (Å²) in [6.45, 7) is 1.27. The lowest BCUT2D eigenvalue weighted by Gasteiger charge is -2.29. The number of amides is 4. The van der Waals surface area contributed by atoms with Crippen LogP contribution in [0.15, 0.2) is 48.5 Å². The minimum atomic E-state index is -1.44. The molecular weight excluding hydrogens is 440 g/mol. The smallest absolute Gasteiger partial charge is 0.308 e. The number of anilines is 2. The molecule has 34 heavy (non-hydrogen) atoms. The molecule has 4 unspecified atom stereocenters. The van der Waals surface area contributed by atoms with Gasteiger partial charge in [-0.2, -0.15) is 0 Å². The van der Waals surface area contributed by atoms with E-state index < -0.39 is 53.0 Å². The molecule has 3 aliphatic rings. The zero-order valence-corrected chi connectivity index (χ0v) is 18.2. The molecule has 3 heterocycles. The maximum absolute atomic E-state index is 13.8. The molecule has 174 valence electrons. The van der Waals surface area contributed by atoms with E-state index in [1.165, 1.54) is 31.2 Å². The van der Waals surface area contributed by atoms with Crippen molar-refractivity contribution in [3.63, 3.8) is 0 Å². The third-order valence-corrected chi connectivity index (χ3v) is 6.68. The normalized spacial score (nSPS) is 27.0. The minimum absolute atomic E-state index is 0.00121. The molecule has 4 atom stereocenters. The number of rotatable bonds is 5. The molecule has 3 aliphatic heterocycles. The zero-order valence-electron chi connectivity index (χ0n) is 18.2. The largest absolute Gasteiger partial charge is 0.427 e. The summed E-state index contributed by atoms with van der Waals surface area (Å²) in [7, 11) is 0. The molecule has 10 heteroatoms. The molecule has 0 aromatic heterocycles. The number of carbonyl (C=O) groups is 5. The average Bonchev–Trinajstić information content (AvgIpc) is 3.37. The number of nitrogens with two attached hydrogens (primary N) is 1. The van der Waals surface area contributed by atoms with Crippen LogP contribution in [0, 0.1) is 11.8 Å². The first-order valence-corrected chi connectivity index (χ1v) is 10.9. The Bertz CT molecular complexity index is 1240. The highest BCUT2D eigenvalue weighted by atomic mass is 16.5. The Labute approximate surface area is 194 Å². The van der Waals surface area contributed by atoms with Crippen LogP contribution in [0.4, 0.5) is 11.4 Å². The van der Waals surface area contributed by atoms with E-state index in [-0.39, 0.29) is 18.6 Å². The van der Waals surface area contributed by atoms with Gasteiger partial charge < -0.3 is 15.8 Å². The SMILES string of the molecule is CC(=O)Oc1ccc(N2C(=O)C3C(CCC(N)=O)NC4(C(=O)Nc5ccccc54)C3C2=O)cc1. The second kappa shape index (κ2) is 7.77. The topological polar surface area (TPSA) is 148 Å². The van der Waals surface area contributed by atoms with Crippen LogP contribution in [0.3, 0.4) is 0 Å². The van der Waals surface area contributed by atoms with Crippen LogP contribution in [-0.2, 0) is 29.5 Å². The van der Waals surface area contributed by atoms with Crippen LogP contribution < -0.4 is 26.0 Å². The Morgan fingerprint density at radius 1 is 1.06 bits per heavy atom. The average molecular weight is 462 g/mol. The number of para-hydroxylation sites is 1. The molecule has 2 saturated heterocycles. The maximum Gasteiger partial charge on any atom is 0.308 e. The quantitative estimate of drug-likeness (QED) is 0.338. The number of esters is 1. The van der Waals surface area contributed by atoms with Crippen molar-refractivity contribution < 1.29 is 28.7 Å². The molecule has 0 bridgehead atoms. The molecule has 2 aromatic rings. The molecule has 4 amide bonds. The van der Waals surface area contributed by atoms with E-state index in [4.69, 9.17) is 10.5 Å². The van der Waals surface area contributed by atoms with E-state index in [1.54, 1.807) is 24.3 Å². The van der Waals surface area contributed by atoms with Crippen molar-refractivity contribution in [1.82, 2.24) is 5.32 Å². The van der Waals surface area contributed by atoms with Crippen molar-refractivity contribution >= 4 is 41.0 Å². The number of hydrogen-bond donors (Lipinski definition) is 3. The van der Waals surface area contributed by atoms with Crippen molar-refractivity contribution in [2.45, 2.75) is 31.3 Å². The van der Waals surface area contributed by atoms with Gasteiger partial charge in [-0.3, -0.25) is 29.3 Å². The fourth-order valence-electron chi connectivity index (χ4n) is 5.39. The van der Waals surface area contributed by atoms with Gasteiger partial charge in [-0.1, -0.05) is 18.2 Å². The van der Waals surface area contributed by atoms with Gasteiger partial charge in [-0.05, 0) is 36.8 Å². The first kappa shape index (κ1) is 21.8. The van der Waals surface area contributed by atoms with Gasteiger partial charge in [-0.15, -0.1) is 0 Å². The molecule has 10 nitrogen and oxygen atoms in total. The number of nitrogens with one attached hydrogen (secondary N) is 2. The number of ether oxygens (including phenoxy) is 1. The first-order chi connectivity index (χ1) is 16.2. The highest BCUT2D eigenvalue weighted by Crippen LogP contribution is 2.54. The molecule has 4 N–H and O–H groups in total. The molecule has 0 aliphatic carbocycles. The molecule has 2 fully saturated rings. The van der Waals surface area contributed by atoms with Crippen LogP contribution in [0.25, 0.3) is 0 Å². The third kappa shape index (κ3) is 3.10. The number of fused-ring (bicyclic) bond motifs is 4. The van der Waals surface area contributed by atoms with Gasteiger partial charge in [0.25, 0.3) is 0 Å². The lowest BCUT2D eigenvalue weighted by atomic mass is 9.76. The Hall–Kier alpha value is -4.05. The Morgan fingerprint density at radius 3 is 2.44 bits per heavy atom. The summed E-state index contributed by atoms with van der Waals surface area (Å²) >= 11 is 0. The Kier molecular flexibility index (Phi) is 4.98. The van der Waals surface area contributed by atoms with Crippen molar-refractivity contribution in [1.29, 1.82) is 0 Å². The third-order valence-electron chi connectivity index (χ3n) is 6.68. The highest BCUT2D eigenvalue weighted by Gasteiger charge is 2.70. The Balaban J connectivity index is 1.57. The fraction of sp³-hybridized carbons (Fsp3) is 0.292. The summed E-state index contributed by atoms with van der Waals surface area (Å²) in [6.07, 6.45) is 0.199. The van der Waals surface area contributed by atoms with Crippen molar-refractivity contribution in [3.05, 3.63) is 54.1 Å². The summed E-state index contributed by atoms with van der Waals surface area (Å²) in [5.41, 5.74) is 5.36. The van der Waals surface area contributed by atoms with Gasteiger partial charge in [0.05, 0.1) is 17.5 Å². The molecule has 0 saturated carbocycles. The fourth-order valence-corrected chi connectivity index (χ4v) is 5.39. The summed E-state index contributed by atoms with van der Waals surface area (Å²) < 4.78 is 5.03. The Morgan fingerprint density at radius 2 is 1.76 bits per heavy atom. The van der Waals surface area contributed by atoms with Crippen LogP contribution >= 0.6 is 0 Å². The van der Waals surface area contributed by atoms with Gasteiger partial charge in [0, 0.05) is 30.6 Å². The van der Waals surface area contributed by atoms with Crippen molar-refractivity contribution in [2.75, 3.05) is 10.2 Å². The molecule has 5 rings (SSSR count). The van der Waals surface area contributed by atoms with Crippen LogP contribution in [0.2, 0.25) is 0 Å². The van der Waals surface area contributed by atoms with E-state index in [1.807, 2.05) is 0 Å². The number of imide groups is 1. The van der Waals surface area contributed by atoms with E-state index in [0.717, 1.165) is 4.90 Å². The van der Waals surface area contributed by atoms with Gasteiger partial charge in [0.15, 0.2) is 0 Å². The summed E-state index contributed by atoms with van der Waals surface area (Å²) in [4.78, 5) is 64.4. The van der Waals surface area contributed by atoms with E-state index >= 15 is 0 Å². The maximum atomic E-state index is 13.8.